The Hall–Kier alpha value is -3.23. The molecule has 0 unspecified atom stereocenters. The van der Waals surface area contributed by atoms with Crippen molar-refractivity contribution in [1.29, 1.82) is 0 Å². The summed E-state index contributed by atoms with van der Waals surface area (Å²) in [5, 5.41) is 3.76. The second-order valence-corrected chi connectivity index (χ2v) is 23.6. The highest BCUT2D eigenvalue weighted by Gasteiger charge is 2.40. The topological polar surface area (TPSA) is 52.6 Å². The van der Waals surface area contributed by atoms with Gasteiger partial charge in [0.25, 0.3) is 0 Å². The molecular formula is C34H40O4Si2. The number of ketones is 2. The van der Waals surface area contributed by atoms with E-state index in [2.05, 4.69) is 67.7 Å². The zero-order valence-electron chi connectivity index (χ0n) is 25.4. The lowest BCUT2D eigenvalue weighted by atomic mass is 9.81. The Morgan fingerprint density at radius 1 is 0.475 bits per heavy atom. The Morgan fingerprint density at radius 3 is 1.07 bits per heavy atom. The molecule has 1 aliphatic rings. The van der Waals surface area contributed by atoms with Crippen LogP contribution in [-0.2, 0) is 0 Å². The van der Waals surface area contributed by atoms with Crippen LogP contribution in [0.2, 0.25) is 36.3 Å². The largest absolute Gasteiger partial charge is 0.543 e. The van der Waals surface area contributed by atoms with E-state index in [9.17, 15) is 9.59 Å². The zero-order valence-corrected chi connectivity index (χ0v) is 27.4. The minimum absolute atomic E-state index is 0.0717. The maximum absolute atomic E-state index is 13.8. The molecule has 0 spiro atoms. The van der Waals surface area contributed by atoms with Gasteiger partial charge in [-0.3, -0.25) is 9.59 Å². The molecule has 208 valence electrons. The fourth-order valence-corrected chi connectivity index (χ4v) is 6.66. The Morgan fingerprint density at radius 2 is 0.775 bits per heavy atom. The van der Waals surface area contributed by atoms with E-state index in [0.717, 1.165) is 33.0 Å². The van der Waals surface area contributed by atoms with Gasteiger partial charge in [-0.25, -0.2) is 0 Å². The molecule has 0 bridgehead atoms. The van der Waals surface area contributed by atoms with E-state index < -0.39 is 16.6 Å². The van der Waals surface area contributed by atoms with Gasteiger partial charge in [0.2, 0.25) is 16.6 Å². The molecule has 4 aromatic carbocycles. The number of carbonyl (C=O) groups excluding carboxylic acids is 2. The van der Waals surface area contributed by atoms with Gasteiger partial charge in [0, 0.05) is 22.3 Å². The summed E-state index contributed by atoms with van der Waals surface area (Å²) in [6, 6.07) is 19.3. The van der Waals surface area contributed by atoms with Crippen molar-refractivity contribution in [3.8, 4) is 11.5 Å². The number of hydrogen-bond acceptors (Lipinski definition) is 4. The fourth-order valence-electron chi connectivity index (χ4n) is 4.62. The van der Waals surface area contributed by atoms with E-state index in [4.69, 9.17) is 8.85 Å². The van der Waals surface area contributed by atoms with E-state index in [-0.39, 0.29) is 21.6 Å². The molecule has 0 amide bonds. The van der Waals surface area contributed by atoms with Gasteiger partial charge < -0.3 is 8.85 Å². The quantitative estimate of drug-likeness (QED) is 0.203. The number of hydrogen-bond donors (Lipinski definition) is 0. The molecule has 0 aromatic heterocycles. The second-order valence-electron chi connectivity index (χ2n) is 14.2. The molecule has 40 heavy (non-hydrogen) atoms. The molecule has 1 aliphatic carbocycles. The van der Waals surface area contributed by atoms with Gasteiger partial charge >= 0.3 is 0 Å². The van der Waals surface area contributed by atoms with E-state index in [1.807, 2.05) is 60.7 Å². The van der Waals surface area contributed by atoms with Crippen molar-refractivity contribution in [2.75, 3.05) is 0 Å². The summed E-state index contributed by atoms with van der Waals surface area (Å²) in [6.07, 6.45) is 0. The van der Waals surface area contributed by atoms with Gasteiger partial charge in [0.1, 0.15) is 11.5 Å². The molecule has 0 saturated carbocycles. The highest BCUT2D eigenvalue weighted by molar-refractivity contribution is 6.75. The van der Waals surface area contributed by atoms with E-state index in [1.54, 1.807) is 0 Å². The molecule has 6 heteroatoms. The van der Waals surface area contributed by atoms with Gasteiger partial charge in [-0.1, -0.05) is 53.7 Å². The average molecular weight is 569 g/mol. The average Bonchev–Trinajstić information content (AvgIpc) is 2.83. The van der Waals surface area contributed by atoms with E-state index >= 15 is 0 Å². The second kappa shape index (κ2) is 9.15. The van der Waals surface area contributed by atoms with Crippen molar-refractivity contribution in [3.05, 3.63) is 82.9 Å². The summed E-state index contributed by atoms with van der Waals surface area (Å²) in [5.41, 5.74) is 1.81. The van der Waals surface area contributed by atoms with Crippen molar-refractivity contribution in [2.45, 2.75) is 77.8 Å². The maximum Gasteiger partial charge on any atom is 0.250 e. The van der Waals surface area contributed by atoms with Gasteiger partial charge in [0.15, 0.2) is 11.6 Å². The fraction of sp³-hybridized carbons (Fsp3) is 0.353. The van der Waals surface area contributed by atoms with Crippen LogP contribution in [0.15, 0.2) is 60.7 Å². The monoisotopic (exact) mass is 568 g/mol. The molecule has 5 rings (SSSR count). The van der Waals surface area contributed by atoms with Crippen LogP contribution in [0.5, 0.6) is 11.5 Å². The van der Waals surface area contributed by atoms with Gasteiger partial charge in [-0.15, -0.1) is 0 Å². The first-order chi connectivity index (χ1) is 18.4. The zero-order chi connectivity index (χ0) is 29.4. The standard InChI is InChI=1S/C34H40O4Si2/c1-33(2,3)39(7,8)37-25-13-11-21-17-27-29(19-23(21)15-25)32(36)30-20-24-16-26(38-40(9,10)34(4,5)6)14-12-22(24)18-28(30)31(27)35/h11-20H,1-10H3. The Kier molecular flexibility index (Phi) is 6.47. The molecule has 0 atom stereocenters. The molecule has 0 saturated heterocycles. The molecule has 0 radical (unpaired) electrons. The highest BCUT2D eigenvalue weighted by atomic mass is 28.4. The lowest BCUT2D eigenvalue weighted by Crippen LogP contribution is -2.43. The Bertz CT molecular complexity index is 1580. The summed E-state index contributed by atoms with van der Waals surface area (Å²) >= 11 is 0. The van der Waals surface area contributed by atoms with Crippen LogP contribution in [0, 0.1) is 0 Å². The summed E-state index contributed by atoms with van der Waals surface area (Å²) in [5.74, 6) is 1.36. The smallest absolute Gasteiger partial charge is 0.250 e. The third-order valence-corrected chi connectivity index (χ3v) is 17.9. The maximum atomic E-state index is 13.8. The summed E-state index contributed by atoms with van der Waals surface area (Å²) in [7, 11) is -4.04. The molecule has 0 aliphatic heterocycles. The van der Waals surface area contributed by atoms with Crippen molar-refractivity contribution in [1.82, 2.24) is 0 Å². The lowest BCUT2D eigenvalue weighted by molar-refractivity contribution is 0.0979. The summed E-state index contributed by atoms with van der Waals surface area (Å²) in [4.78, 5) is 27.5. The minimum Gasteiger partial charge on any atom is -0.543 e. The normalized spacial score (nSPS) is 14.3. The van der Waals surface area contributed by atoms with Crippen molar-refractivity contribution < 1.29 is 18.4 Å². The molecule has 4 nitrogen and oxygen atoms in total. The molecule has 0 N–H and O–H groups in total. The van der Waals surface area contributed by atoms with Gasteiger partial charge in [-0.05, 0) is 106 Å². The Labute approximate surface area is 240 Å². The van der Waals surface area contributed by atoms with Crippen LogP contribution < -0.4 is 8.85 Å². The first-order valence-electron chi connectivity index (χ1n) is 14.0. The van der Waals surface area contributed by atoms with Crippen LogP contribution in [0.4, 0.5) is 0 Å². The van der Waals surface area contributed by atoms with Crippen molar-refractivity contribution >= 4 is 49.7 Å². The van der Waals surface area contributed by atoms with Crippen LogP contribution >= 0.6 is 0 Å². The number of benzene rings is 4. The van der Waals surface area contributed by atoms with Gasteiger partial charge in [0.05, 0.1) is 0 Å². The number of rotatable bonds is 4. The lowest BCUT2D eigenvalue weighted by Gasteiger charge is -2.36. The van der Waals surface area contributed by atoms with E-state index in [1.165, 1.54) is 0 Å². The molecule has 4 aromatic rings. The first kappa shape index (κ1) is 28.3. The van der Waals surface area contributed by atoms with Gasteiger partial charge in [-0.2, -0.15) is 0 Å². The third kappa shape index (κ3) is 4.81. The van der Waals surface area contributed by atoms with Crippen LogP contribution in [0.1, 0.15) is 73.4 Å². The van der Waals surface area contributed by atoms with E-state index in [0.29, 0.717) is 22.3 Å². The highest BCUT2D eigenvalue weighted by Crippen LogP contribution is 2.40. The number of fused-ring (bicyclic) bond motifs is 4. The predicted octanol–water partition coefficient (Wildman–Crippen LogP) is 9.54. The molecule has 0 fully saturated rings. The Balaban J connectivity index is 1.55. The summed E-state index contributed by atoms with van der Waals surface area (Å²) in [6.45, 7) is 22.2. The third-order valence-electron chi connectivity index (χ3n) is 9.23. The van der Waals surface area contributed by atoms with Crippen molar-refractivity contribution in [2.24, 2.45) is 0 Å². The first-order valence-corrected chi connectivity index (χ1v) is 19.8. The van der Waals surface area contributed by atoms with Crippen LogP contribution in [-0.4, -0.2) is 28.2 Å². The van der Waals surface area contributed by atoms with Crippen LogP contribution in [0.3, 0.4) is 0 Å². The number of carbonyl (C=O) groups is 2. The predicted molar refractivity (Wildman–Crippen MR) is 170 cm³/mol. The minimum atomic E-state index is -2.02. The molecule has 0 heterocycles. The summed E-state index contributed by atoms with van der Waals surface area (Å²) < 4.78 is 13.0. The van der Waals surface area contributed by atoms with Crippen LogP contribution in [0.25, 0.3) is 21.5 Å². The SMILES string of the molecule is CC(C)(C)[Si](C)(C)Oc1ccc2cc3c(cc2c1)C(=O)c1cc2cc(O[Si](C)(C)C(C)(C)C)ccc2cc1C3=O. The molecular weight excluding hydrogens is 529 g/mol. The van der Waals surface area contributed by atoms with Crippen molar-refractivity contribution in [3.63, 3.8) is 0 Å².